The Morgan fingerprint density at radius 1 is 1.57 bits per heavy atom. The van der Waals surface area contributed by atoms with Gasteiger partial charge in [-0.05, 0) is 25.5 Å². The molecule has 0 saturated carbocycles. The molecule has 2 nitrogen and oxygen atoms in total. The number of phenolic OH excluding ortho intramolecular Hbond substituents is 1. The lowest BCUT2D eigenvalue weighted by Crippen LogP contribution is -2.07. The second kappa shape index (κ2) is 4.15. The fourth-order valence-electron chi connectivity index (χ4n) is 1.30. The second-order valence-electron chi connectivity index (χ2n) is 3.35. The number of benzene rings is 1. The van der Waals surface area contributed by atoms with Crippen molar-refractivity contribution in [3.63, 3.8) is 0 Å². The van der Waals surface area contributed by atoms with Crippen LogP contribution < -0.4 is 0 Å². The van der Waals surface area contributed by atoms with Crippen LogP contribution in [-0.2, 0) is 6.42 Å². The third-order valence-electron chi connectivity index (χ3n) is 2.08. The first kappa shape index (κ1) is 11.3. The van der Waals surface area contributed by atoms with E-state index in [-0.39, 0.29) is 17.2 Å². The minimum Gasteiger partial charge on any atom is -0.506 e. The van der Waals surface area contributed by atoms with Crippen molar-refractivity contribution in [2.24, 2.45) is 0 Å². The lowest BCUT2D eigenvalue weighted by molar-refractivity contribution is 0.194. The molecule has 1 rings (SSSR count). The average Bonchev–Trinajstić information content (AvgIpc) is 2.09. The summed E-state index contributed by atoms with van der Waals surface area (Å²) in [4.78, 5) is 0. The first-order valence-corrected chi connectivity index (χ1v) is 4.65. The molecule has 1 aromatic rings. The summed E-state index contributed by atoms with van der Waals surface area (Å²) in [5.74, 6) is -0.616. The Labute approximate surface area is 86.9 Å². The molecule has 0 saturated heterocycles. The smallest absolute Gasteiger partial charge is 0.137 e. The van der Waals surface area contributed by atoms with E-state index in [1.807, 2.05) is 0 Å². The Hall–Kier alpha value is -0.800. The fourth-order valence-corrected chi connectivity index (χ4v) is 1.51. The zero-order chi connectivity index (χ0) is 10.9. The summed E-state index contributed by atoms with van der Waals surface area (Å²) in [7, 11) is 0. The molecular formula is C10H12ClFO2. The van der Waals surface area contributed by atoms with E-state index < -0.39 is 11.9 Å². The third kappa shape index (κ3) is 2.16. The van der Waals surface area contributed by atoms with E-state index in [1.54, 1.807) is 13.8 Å². The molecule has 0 aromatic heterocycles. The normalized spacial score (nSPS) is 12.9. The van der Waals surface area contributed by atoms with Crippen LogP contribution in [0.3, 0.4) is 0 Å². The van der Waals surface area contributed by atoms with Crippen LogP contribution in [0.4, 0.5) is 4.39 Å². The van der Waals surface area contributed by atoms with Gasteiger partial charge in [0.2, 0.25) is 0 Å². The quantitative estimate of drug-likeness (QED) is 0.801. The van der Waals surface area contributed by atoms with Crippen molar-refractivity contribution in [2.75, 3.05) is 0 Å². The molecule has 2 N–H and O–H groups in total. The number of phenols is 1. The number of hydrogen-bond acceptors (Lipinski definition) is 2. The maximum absolute atomic E-state index is 13.2. The van der Waals surface area contributed by atoms with E-state index >= 15 is 0 Å². The van der Waals surface area contributed by atoms with Crippen molar-refractivity contribution in [3.05, 3.63) is 28.0 Å². The summed E-state index contributed by atoms with van der Waals surface area (Å²) < 4.78 is 13.2. The molecule has 0 aliphatic carbocycles. The largest absolute Gasteiger partial charge is 0.506 e. The summed E-state index contributed by atoms with van der Waals surface area (Å²) in [5.41, 5.74) is 0.692. The summed E-state index contributed by atoms with van der Waals surface area (Å²) in [6, 6.07) is 1.07. The minimum absolute atomic E-state index is 0.0243. The van der Waals surface area contributed by atoms with Crippen LogP contribution in [0.25, 0.3) is 0 Å². The Bertz CT molecular complexity index is 324. The molecule has 0 bridgehead atoms. The van der Waals surface area contributed by atoms with Crippen LogP contribution in [0.5, 0.6) is 5.75 Å². The maximum Gasteiger partial charge on any atom is 0.137 e. The van der Waals surface area contributed by atoms with Gasteiger partial charge in [0, 0.05) is 12.0 Å². The van der Waals surface area contributed by atoms with E-state index in [2.05, 4.69) is 0 Å². The molecule has 4 heteroatoms. The number of aliphatic hydroxyl groups excluding tert-OH is 1. The van der Waals surface area contributed by atoms with E-state index in [0.717, 1.165) is 6.07 Å². The third-order valence-corrected chi connectivity index (χ3v) is 2.36. The monoisotopic (exact) mass is 218 g/mol. The van der Waals surface area contributed by atoms with Crippen molar-refractivity contribution >= 4 is 11.6 Å². The van der Waals surface area contributed by atoms with Gasteiger partial charge in [-0.15, -0.1) is 0 Å². The molecule has 1 unspecified atom stereocenters. The van der Waals surface area contributed by atoms with Gasteiger partial charge < -0.3 is 10.2 Å². The maximum atomic E-state index is 13.2. The molecule has 0 fully saturated rings. The Kier molecular flexibility index (Phi) is 3.34. The standard InChI is InChI=1S/C10H12ClFO2/c1-5(13)3-7-6(2)9(12)4-8(11)10(7)14/h4-5,13-14H,3H2,1-2H3. The topological polar surface area (TPSA) is 40.5 Å². The van der Waals surface area contributed by atoms with Crippen LogP contribution in [0.15, 0.2) is 6.07 Å². The highest BCUT2D eigenvalue weighted by molar-refractivity contribution is 6.32. The highest BCUT2D eigenvalue weighted by atomic mass is 35.5. The molecule has 0 aliphatic rings. The first-order valence-electron chi connectivity index (χ1n) is 4.28. The van der Waals surface area contributed by atoms with E-state index in [4.69, 9.17) is 16.7 Å². The zero-order valence-corrected chi connectivity index (χ0v) is 8.77. The summed E-state index contributed by atoms with van der Waals surface area (Å²) in [5, 5.41) is 18.7. The van der Waals surface area contributed by atoms with Crippen LogP contribution >= 0.6 is 11.6 Å². The minimum atomic E-state index is -0.641. The second-order valence-corrected chi connectivity index (χ2v) is 3.75. The Balaban J connectivity index is 3.25. The average molecular weight is 219 g/mol. The SMILES string of the molecule is Cc1c(F)cc(Cl)c(O)c1CC(C)O. The van der Waals surface area contributed by atoms with Crippen molar-refractivity contribution in [3.8, 4) is 5.75 Å². The molecule has 0 spiro atoms. The van der Waals surface area contributed by atoms with Crippen molar-refractivity contribution in [1.29, 1.82) is 0 Å². The van der Waals surface area contributed by atoms with Crippen molar-refractivity contribution < 1.29 is 14.6 Å². The van der Waals surface area contributed by atoms with Crippen molar-refractivity contribution in [1.82, 2.24) is 0 Å². The summed E-state index contributed by atoms with van der Waals surface area (Å²) in [6.07, 6.45) is -0.452. The van der Waals surface area contributed by atoms with Gasteiger partial charge in [-0.25, -0.2) is 4.39 Å². The van der Waals surface area contributed by atoms with Crippen LogP contribution in [0.2, 0.25) is 5.02 Å². The molecular weight excluding hydrogens is 207 g/mol. The van der Waals surface area contributed by atoms with E-state index in [0.29, 0.717) is 11.1 Å². The van der Waals surface area contributed by atoms with Gasteiger partial charge in [-0.3, -0.25) is 0 Å². The van der Waals surface area contributed by atoms with Crippen LogP contribution in [-0.4, -0.2) is 16.3 Å². The van der Waals surface area contributed by atoms with Gasteiger partial charge in [-0.2, -0.15) is 0 Å². The Morgan fingerprint density at radius 3 is 2.64 bits per heavy atom. The van der Waals surface area contributed by atoms with Gasteiger partial charge in [0.1, 0.15) is 11.6 Å². The first-order chi connectivity index (χ1) is 6.43. The molecule has 1 aromatic carbocycles. The number of halogens is 2. The van der Waals surface area contributed by atoms with E-state index in [9.17, 15) is 9.50 Å². The van der Waals surface area contributed by atoms with Crippen LogP contribution in [0.1, 0.15) is 18.1 Å². The van der Waals surface area contributed by atoms with Crippen molar-refractivity contribution in [2.45, 2.75) is 26.4 Å². The molecule has 0 heterocycles. The van der Waals surface area contributed by atoms with Gasteiger partial charge >= 0.3 is 0 Å². The lowest BCUT2D eigenvalue weighted by Gasteiger charge is -2.12. The van der Waals surface area contributed by atoms with Gasteiger partial charge in [-0.1, -0.05) is 11.6 Å². The molecule has 0 amide bonds. The predicted molar refractivity (Wildman–Crippen MR) is 53.2 cm³/mol. The predicted octanol–water partition coefficient (Wildman–Crippen LogP) is 2.42. The molecule has 78 valence electrons. The van der Waals surface area contributed by atoms with E-state index in [1.165, 1.54) is 0 Å². The summed E-state index contributed by atoms with van der Waals surface area (Å²) >= 11 is 5.60. The highest BCUT2D eigenvalue weighted by Crippen LogP contribution is 2.32. The molecule has 1 atom stereocenters. The number of hydrogen-bond donors (Lipinski definition) is 2. The molecule has 0 radical (unpaired) electrons. The summed E-state index contributed by atoms with van der Waals surface area (Å²) in [6.45, 7) is 3.11. The lowest BCUT2D eigenvalue weighted by atomic mass is 10.0. The fraction of sp³-hybridized carbons (Fsp3) is 0.400. The number of aromatic hydroxyl groups is 1. The van der Waals surface area contributed by atoms with Crippen LogP contribution in [0, 0.1) is 12.7 Å². The van der Waals surface area contributed by atoms with Gasteiger partial charge in [0.25, 0.3) is 0 Å². The Morgan fingerprint density at radius 2 is 2.14 bits per heavy atom. The number of rotatable bonds is 2. The number of aliphatic hydroxyl groups is 1. The molecule has 0 aliphatic heterocycles. The van der Waals surface area contributed by atoms with Gasteiger partial charge in [0.15, 0.2) is 0 Å². The van der Waals surface area contributed by atoms with Gasteiger partial charge in [0.05, 0.1) is 11.1 Å². The highest BCUT2D eigenvalue weighted by Gasteiger charge is 2.15. The zero-order valence-electron chi connectivity index (χ0n) is 8.01. The molecule has 14 heavy (non-hydrogen) atoms.